The third-order valence-corrected chi connectivity index (χ3v) is 6.52. The number of piperidine rings is 1. The van der Waals surface area contributed by atoms with Gasteiger partial charge in [-0.1, -0.05) is 35.9 Å². The first-order valence-corrected chi connectivity index (χ1v) is 11.3. The zero-order chi connectivity index (χ0) is 22.7. The molecule has 1 saturated heterocycles. The van der Waals surface area contributed by atoms with E-state index in [1.165, 1.54) is 28.8 Å². The van der Waals surface area contributed by atoms with Crippen LogP contribution in [0.15, 0.2) is 66.7 Å². The standard InChI is InChI=1S/C28H31FN2O/c1-20-4-12-26(13-5-20)31(28(32)24-8-10-25(29)11-9-24)27-14-16-30(17-15-27)19-23-7-6-21(2)22(3)18-23/h4-13,18,27H,14-17,19H2,1-3H3. The highest BCUT2D eigenvalue weighted by atomic mass is 19.1. The van der Waals surface area contributed by atoms with Crippen molar-refractivity contribution in [3.8, 4) is 0 Å². The van der Waals surface area contributed by atoms with Gasteiger partial charge in [0.1, 0.15) is 5.82 Å². The Morgan fingerprint density at radius 3 is 2.19 bits per heavy atom. The molecule has 4 heteroatoms. The zero-order valence-corrected chi connectivity index (χ0v) is 19.1. The van der Waals surface area contributed by atoms with Gasteiger partial charge in [-0.25, -0.2) is 4.39 Å². The number of likely N-dealkylation sites (tertiary alicyclic amines) is 1. The second-order valence-electron chi connectivity index (χ2n) is 8.94. The molecule has 1 aliphatic heterocycles. The molecule has 3 aromatic carbocycles. The summed E-state index contributed by atoms with van der Waals surface area (Å²) in [5.41, 5.74) is 6.56. The van der Waals surface area contributed by atoms with Crippen molar-refractivity contribution in [1.29, 1.82) is 0 Å². The first-order chi connectivity index (χ1) is 15.4. The maximum absolute atomic E-state index is 13.5. The molecule has 0 spiro atoms. The fourth-order valence-electron chi connectivity index (χ4n) is 4.43. The van der Waals surface area contributed by atoms with Gasteiger partial charge in [-0.05, 0) is 86.7 Å². The van der Waals surface area contributed by atoms with Gasteiger partial charge >= 0.3 is 0 Å². The average molecular weight is 431 g/mol. The van der Waals surface area contributed by atoms with Crippen molar-refractivity contribution in [2.24, 2.45) is 0 Å². The summed E-state index contributed by atoms with van der Waals surface area (Å²) in [4.78, 5) is 17.9. The molecular weight excluding hydrogens is 399 g/mol. The third kappa shape index (κ3) is 5.08. The van der Waals surface area contributed by atoms with E-state index < -0.39 is 0 Å². The number of rotatable bonds is 5. The summed E-state index contributed by atoms with van der Waals surface area (Å²) in [5.74, 6) is -0.399. The van der Waals surface area contributed by atoms with Gasteiger partial charge in [0.15, 0.2) is 0 Å². The van der Waals surface area contributed by atoms with Gasteiger partial charge in [-0.2, -0.15) is 0 Å². The topological polar surface area (TPSA) is 23.6 Å². The van der Waals surface area contributed by atoms with Crippen LogP contribution < -0.4 is 4.90 Å². The molecular formula is C28H31FN2O. The van der Waals surface area contributed by atoms with E-state index in [1.54, 1.807) is 12.1 Å². The molecule has 3 aromatic rings. The monoisotopic (exact) mass is 430 g/mol. The molecule has 0 unspecified atom stereocenters. The van der Waals surface area contributed by atoms with E-state index in [4.69, 9.17) is 0 Å². The van der Waals surface area contributed by atoms with Crippen LogP contribution in [-0.2, 0) is 6.54 Å². The fraction of sp³-hybridized carbons (Fsp3) is 0.321. The van der Waals surface area contributed by atoms with E-state index in [0.717, 1.165) is 43.7 Å². The molecule has 32 heavy (non-hydrogen) atoms. The van der Waals surface area contributed by atoms with E-state index >= 15 is 0 Å². The quantitative estimate of drug-likeness (QED) is 0.491. The highest BCUT2D eigenvalue weighted by Gasteiger charge is 2.30. The van der Waals surface area contributed by atoms with Crippen LogP contribution in [0.25, 0.3) is 0 Å². The maximum Gasteiger partial charge on any atom is 0.258 e. The number of carbonyl (C=O) groups excluding carboxylic acids is 1. The minimum Gasteiger partial charge on any atom is -0.305 e. The Balaban J connectivity index is 1.50. The fourth-order valence-corrected chi connectivity index (χ4v) is 4.43. The Morgan fingerprint density at radius 1 is 0.906 bits per heavy atom. The van der Waals surface area contributed by atoms with Crippen LogP contribution in [0.1, 0.15) is 45.5 Å². The number of anilines is 1. The van der Waals surface area contributed by atoms with Gasteiger partial charge < -0.3 is 4.90 Å². The predicted molar refractivity (Wildman–Crippen MR) is 129 cm³/mol. The van der Waals surface area contributed by atoms with Crippen molar-refractivity contribution in [2.45, 2.75) is 46.2 Å². The summed E-state index contributed by atoms with van der Waals surface area (Å²) in [6.07, 6.45) is 1.82. The minimum atomic E-state index is -0.330. The first-order valence-electron chi connectivity index (χ1n) is 11.3. The summed E-state index contributed by atoms with van der Waals surface area (Å²) in [5, 5.41) is 0. The largest absolute Gasteiger partial charge is 0.305 e. The summed E-state index contributed by atoms with van der Waals surface area (Å²) in [6, 6.07) is 20.8. The molecule has 0 N–H and O–H groups in total. The van der Waals surface area contributed by atoms with Crippen LogP contribution in [0.2, 0.25) is 0 Å². The summed E-state index contributed by atoms with van der Waals surface area (Å²) in [6.45, 7) is 9.16. The molecule has 4 rings (SSSR count). The van der Waals surface area contributed by atoms with Gasteiger partial charge in [0, 0.05) is 36.9 Å². The van der Waals surface area contributed by atoms with Crippen LogP contribution >= 0.6 is 0 Å². The number of amides is 1. The molecule has 1 aliphatic rings. The Bertz CT molecular complexity index is 1070. The molecule has 166 valence electrons. The smallest absolute Gasteiger partial charge is 0.258 e. The van der Waals surface area contributed by atoms with Crippen molar-refractivity contribution in [2.75, 3.05) is 18.0 Å². The minimum absolute atomic E-state index is 0.0681. The molecule has 0 bridgehead atoms. The van der Waals surface area contributed by atoms with Gasteiger partial charge in [-0.3, -0.25) is 9.69 Å². The maximum atomic E-state index is 13.5. The summed E-state index contributed by atoms with van der Waals surface area (Å²) in [7, 11) is 0. The summed E-state index contributed by atoms with van der Waals surface area (Å²) < 4.78 is 13.4. The third-order valence-electron chi connectivity index (χ3n) is 6.52. The van der Waals surface area contributed by atoms with E-state index in [-0.39, 0.29) is 17.8 Å². The number of halogens is 1. The van der Waals surface area contributed by atoms with Gasteiger partial charge in [0.25, 0.3) is 5.91 Å². The number of hydrogen-bond acceptors (Lipinski definition) is 2. The molecule has 0 saturated carbocycles. The molecule has 0 aliphatic carbocycles. The second kappa shape index (κ2) is 9.66. The van der Waals surface area contributed by atoms with Gasteiger partial charge in [0.05, 0.1) is 0 Å². The van der Waals surface area contributed by atoms with Gasteiger partial charge in [0.2, 0.25) is 0 Å². The van der Waals surface area contributed by atoms with Crippen molar-refractivity contribution in [3.63, 3.8) is 0 Å². The number of aryl methyl sites for hydroxylation is 3. The second-order valence-corrected chi connectivity index (χ2v) is 8.94. The molecule has 0 radical (unpaired) electrons. The molecule has 3 nitrogen and oxygen atoms in total. The van der Waals surface area contributed by atoms with E-state index in [9.17, 15) is 9.18 Å². The number of benzene rings is 3. The average Bonchev–Trinajstić information content (AvgIpc) is 2.79. The number of carbonyl (C=O) groups is 1. The molecule has 1 fully saturated rings. The highest BCUT2D eigenvalue weighted by Crippen LogP contribution is 2.27. The van der Waals surface area contributed by atoms with Crippen LogP contribution in [-0.4, -0.2) is 29.9 Å². The first kappa shape index (κ1) is 22.2. The van der Waals surface area contributed by atoms with Crippen molar-refractivity contribution < 1.29 is 9.18 Å². The van der Waals surface area contributed by atoms with E-state index in [1.807, 2.05) is 36.1 Å². The van der Waals surface area contributed by atoms with Crippen LogP contribution in [0.3, 0.4) is 0 Å². The van der Waals surface area contributed by atoms with Crippen molar-refractivity contribution in [1.82, 2.24) is 4.90 Å². The normalized spacial score (nSPS) is 15.0. The van der Waals surface area contributed by atoms with Crippen molar-refractivity contribution in [3.05, 3.63) is 100 Å². The van der Waals surface area contributed by atoms with Gasteiger partial charge in [-0.15, -0.1) is 0 Å². The SMILES string of the molecule is Cc1ccc(N(C(=O)c2ccc(F)cc2)C2CCN(Cc3ccc(C)c(C)c3)CC2)cc1. The Labute approximate surface area is 190 Å². The van der Waals surface area contributed by atoms with E-state index in [2.05, 4.69) is 36.9 Å². The lowest BCUT2D eigenvalue weighted by Crippen LogP contribution is -2.47. The highest BCUT2D eigenvalue weighted by molar-refractivity contribution is 6.06. The zero-order valence-electron chi connectivity index (χ0n) is 19.1. The van der Waals surface area contributed by atoms with Crippen LogP contribution in [0, 0.1) is 26.6 Å². The van der Waals surface area contributed by atoms with E-state index in [0.29, 0.717) is 5.56 Å². The molecule has 1 amide bonds. The lowest BCUT2D eigenvalue weighted by Gasteiger charge is -2.39. The molecule has 0 aromatic heterocycles. The van der Waals surface area contributed by atoms with Crippen LogP contribution in [0.4, 0.5) is 10.1 Å². The predicted octanol–water partition coefficient (Wildman–Crippen LogP) is 6.06. The van der Waals surface area contributed by atoms with Crippen molar-refractivity contribution >= 4 is 11.6 Å². The lowest BCUT2D eigenvalue weighted by atomic mass is 9.99. The summed E-state index contributed by atoms with van der Waals surface area (Å²) >= 11 is 0. The van der Waals surface area contributed by atoms with Crippen LogP contribution in [0.5, 0.6) is 0 Å². The number of hydrogen-bond donors (Lipinski definition) is 0. The molecule has 1 heterocycles. The molecule has 0 atom stereocenters. The Kier molecular flexibility index (Phi) is 6.71. The number of nitrogens with zero attached hydrogens (tertiary/aromatic N) is 2. The Morgan fingerprint density at radius 2 is 1.56 bits per heavy atom. The Hall–Kier alpha value is -2.98. The lowest BCUT2D eigenvalue weighted by molar-refractivity contribution is 0.0958.